The van der Waals surface area contributed by atoms with E-state index in [-0.39, 0.29) is 5.91 Å². The smallest absolute Gasteiger partial charge is 0.248 e. The molecule has 4 nitrogen and oxygen atoms in total. The fourth-order valence-corrected chi connectivity index (χ4v) is 2.25. The number of nitrogens with one attached hydrogen (secondary N) is 1. The highest BCUT2D eigenvalue weighted by atomic mass is 16.5. The van der Waals surface area contributed by atoms with Gasteiger partial charge in [0.15, 0.2) is 0 Å². The summed E-state index contributed by atoms with van der Waals surface area (Å²) >= 11 is 0. The Hall–Kier alpha value is -2.75. The molecule has 0 unspecified atom stereocenters. The van der Waals surface area contributed by atoms with E-state index in [1.807, 2.05) is 44.2 Å². The Morgan fingerprint density at radius 1 is 1.04 bits per heavy atom. The molecule has 0 aromatic heterocycles. The largest absolute Gasteiger partial charge is 0.497 e. The number of aryl methyl sites for hydroxylation is 2. The normalized spacial score (nSPS) is 10.6. The Morgan fingerprint density at radius 2 is 1.83 bits per heavy atom. The third-order valence-electron chi connectivity index (χ3n) is 3.49. The number of carbonyl (C=O) groups excluding carboxylic acids is 1. The Labute approximate surface area is 136 Å². The van der Waals surface area contributed by atoms with Crippen molar-refractivity contribution in [2.75, 3.05) is 19.5 Å². The molecule has 0 aliphatic heterocycles. The van der Waals surface area contributed by atoms with E-state index in [4.69, 9.17) is 9.47 Å². The van der Waals surface area contributed by atoms with Crippen molar-refractivity contribution in [1.82, 2.24) is 0 Å². The molecule has 0 spiro atoms. The zero-order valence-electron chi connectivity index (χ0n) is 13.8. The molecular weight excluding hydrogens is 290 g/mol. The van der Waals surface area contributed by atoms with E-state index in [0.717, 1.165) is 16.8 Å². The SMILES string of the molecule is COc1ccc(/C=C/C(=O)Nc2ccc(C)cc2C)c(OC)c1. The third-order valence-corrected chi connectivity index (χ3v) is 3.49. The number of amides is 1. The molecule has 1 N–H and O–H groups in total. The van der Waals surface area contributed by atoms with Gasteiger partial charge in [-0.3, -0.25) is 4.79 Å². The van der Waals surface area contributed by atoms with E-state index in [0.29, 0.717) is 11.5 Å². The molecule has 2 aromatic rings. The maximum atomic E-state index is 12.1. The van der Waals surface area contributed by atoms with Crippen molar-refractivity contribution >= 4 is 17.7 Å². The predicted molar refractivity (Wildman–Crippen MR) is 93.1 cm³/mol. The average molecular weight is 311 g/mol. The van der Waals surface area contributed by atoms with Crippen molar-refractivity contribution in [3.63, 3.8) is 0 Å². The van der Waals surface area contributed by atoms with E-state index in [9.17, 15) is 4.79 Å². The van der Waals surface area contributed by atoms with Crippen LogP contribution < -0.4 is 14.8 Å². The molecule has 0 heterocycles. The van der Waals surface area contributed by atoms with Gasteiger partial charge in [0.05, 0.1) is 14.2 Å². The van der Waals surface area contributed by atoms with Crippen LogP contribution in [0, 0.1) is 13.8 Å². The van der Waals surface area contributed by atoms with Gasteiger partial charge in [0, 0.05) is 23.4 Å². The summed E-state index contributed by atoms with van der Waals surface area (Å²) in [7, 11) is 3.18. The van der Waals surface area contributed by atoms with Crippen LogP contribution in [0.1, 0.15) is 16.7 Å². The lowest BCUT2D eigenvalue weighted by atomic mass is 10.1. The Kier molecular flexibility index (Phi) is 5.41. The van der Waals surface area contributed by atoms with Gasteiger partial charge in [-0.25, -0.2) is 0 Å². The van der Waals surface area contributed by atoms with Crippen molar-refractivity contribution < 1.29 is 14.3 Å². The fourth-order valence-electron chi connectivity index (χ4n) is 2.25. The van der Waals surface area contributed by atoms with Crippen molar-refractivity contribution in [2.24, 2.45) is 0 Å². The van der Waals surface area contributed by atoms with Crippen LogP contribution in [0.25, 0.3) is 6.08 Å². The first-order chi connectivity index (χ1) is 11.0. The second-order valence-electron chi connectivity index (χ2n) is 5.25. The molecule has 0 aliphatic carbocycles. The molecule has 0 atom stereocenters. The number of anilines is 1. The van der Waals surface area contributed by atoms with Crippen molar-refractivity contribution in [3.8, 4) is 11.5 Å². The van der Waals surface area contributed by atoms with E-state index in [1.54, 1.807) is 26.4 Å². The first kappa shape index (κ1) is 16.6. The monoisotopic (exact) mass is 311 g/mol. The maximum Gasteiger partial charge on any atom is 0.248 e. The van der Waals surface area contributed by atoms with Gasteiger partial charge in [-0.05, 0) is 43.7 Å². The molecule has 23 heavy (non-hydrogen) atoms. The molecule has 2 rings (SSSR count). The second-order valence-corrected chi connectivity index (χ2v) is 5.25. The minimum absolute atomic E-state index is 0.185. The fraction of sp³-hybridized carbons (Fsp3) is 0.211. The second kappa shape index (κ2) is 7.49. The van der Waals surface area contributed by atoms with Gasteiger partial charge in [0.25, 0.3) is 0 Å². The van der Waals surface area contributed by atoms with Crippen LogP contribution >= 0.6 is 0 Å². The Balaban J connectivity index is 2.12. The quantitative estimate of drug-likeness (QED) is 0.850. The molecule has 0 aliphatic rings. The summed E-state index contributed by atoms with van der Waals surface area (Å²) < 4.78 is 10.5. The number of benzene rings is 2. The van der Waals surface area contributed by atoms with E-state index >= 15 is 0 Å². The lowest BCUT2D eigenvalue weighted by Gasteiger charge is -2.08. The lowest BCUT2D eigenvalue weighted by molar-refractivity contribution is -0.111. The van der Waals surface area contributed by atoms with Crippen molar-refractivity contribution in [3.05, 3.63) is 59.2 Å². The number of ether oxygens (including phenoxy) is 2. The van der Waals surface area contributed by atoms with Gasteiger partial charge in [-0.15, -0.1) is 0 Å². The number of hydrogen-bond acceptors (Lipinski definition) is 3. The lowest BCUT2D eigenvalue weighted by Crippen LogP contribution is -2.09. The van der Waals surface area contributed by atoms with Crippen LogP contribution in [0.2, 0.25) is 0 Å². The van der Waals surface area contributed by atoms with E-state index < -0.39 is 0 Å². The molecule has 0 radical (unpaired) electrons. The number of carbonyl (C=O) groups is 1. The molecule has 0 bridgehead atoms. The van der Waals surface area contributed by atoms with E-state index in [1.165, 1.54) is 11.6 Å². The highest BCUT2D eigenvalue weighted by molar-refractivity contribution is 6.02. The Bertz CT molecular complexity index is 735. The van der Waals surface area contributed by atoms with Gasteiger partial charge in [0.2, 0.25) is 5.91 Å². The zero-order valence-corrected chi connectivity index (χ0v) is 13.8. The van der Waals surface area contributed by atoms with Crippen LogP contribution in [0.15, 0.2) is 42.5 Å². The van der Waals surface area contributed by atoms with Crippen LogP contribution in [-0.4, -0.2) is 20.1 Å². The summed E-state index contributed by atoms with van der Waals surface area (Å²) in [5.41, 5.74) is 3.82. The van der Waals surface area contributed by atoms with Gasteiger partial charge in [-0.1, -0.05) is 17.7 Å². The number of hydrogen-bond donors (Lipinski definition) is 1. The van der Waals surface area contributed by atoms with Crippen molar-refractivity contribution in [2.45, 2.75) is 13.8 Å². The zero-order chi connectivity index (χ0) is 16.8. The summed E-state index contributed by atoms with van der Waals surface area (Å²) in [4.78, 5) is 12.1. The van der Waals surface area contributed by atoms with Gasteiger partial charge >= 0.3 is 0 Å². The molecule has 4 heteroatoms. The molecule has 0 fully saturated rings. The van der Waals surface area contributed by atoms with Gasteiger partial charge in [0.1, 0.15) is 11.5 Å². The third kappa shape index (κ3) is 4.36. The number of methoxy groups -OCH3 is 2. The summed E-state index contributed by atoms with van der Waals surface area (Å²) in [5, 5.41) is 2.88. The minimum Gasteiger partial charge on any atom is -0.497 e. The molecule has 0 saturated heterocycles. The molecule has 120 valence electrons. The van der Waals surface area contributed by atoms with Crippen LogP contribution in [0.3, 0.4) is 0 Å². The summed E-state index contributed by atoms with van der Waals surface area (Å²) in [6, 6.07) is 11.4. The minimum atomic E-state index is -0.185. The first-order valence-electron chi connectivity index (χ1n) is 7.32. The summed E-state index contributed by atoms with van der Waals surface area (Å²) in [6.45, 7) is 3.99. The van der Waals surface area contributed by atoms with Crippen LogP contribution in [-0.2, 0) is 4.79 Å². The van der Waals surface area contributed by atoms with Gasteiger partial charge < -0.3 is 14.8 Å². The van der Waals surface area contributed by atoms with Crippen LogP contribution in [0.4, 0.5) is 5.69 Å². The van der Waals surface area contributed by atoms with E-state index in [2.05, 4.69) is 5.32 Å². The average Bonchev–Trinajstić information content (AvgIpc) is 2.55. The molecule has 2 aromatic carbocycles. The summed E-state index contributed by atoms with van der Waals surface area (Å²) in [6.07, 6.45) is 3.21. The molecule has 0 saturated carbocycles. The Morgan fingerprint density at radius 3 is 2.48 bits per heavy atom. The highest BCUT2D eigenvalue weighted by Crippen LogP contribution is 2.25. The molecular formula is C19H21NO3. The van der Waals surface area contributed by atoms with Gasteiger partial charge in [-0.2, -0.15) is 0 Å². The molecule has 1 amide bonds. The first-order valence-corrected chi connectivity index (χ1v) is 7.32. The highest BCUT2D eigenvalue weighted by Gasteiger charge is 2.04. The summed E-state index contributed by atoms with van der Waals surface area (Å²) in [5.74, 6) is 1.17. The number of rotatable bonds is 5. The maximum absolute atomic E-state index is 12.1. The van der Waals surface area contributed by atoms with Crippen LogP contribution in [0.5, 0.6) is 11.5 Å². The predicted octanol–water partition coefficient (Wildman–Crippen LogP) is 3.97. The topological polar surface area (TPSA) is 47.6 Å². The van der Waals surface area contributed by atoms with Crippen molar-refractivity contribution in [1.29, 1.82) is 0 Å². The standard InChI is InChI=1S/C19H21NO3/c1-13-5-9-17(14(2)11-13)20-19(21)10-7-15-6-8-16(22-3)12-18(15)23-4/h5-12H,1-4H3,(H,20,21)/b10-7+.